The van der Waals surface area contributed by atoms with Crippen LogP contribution in [0.5, 0.6) is 0 Å². The normalized spacial score (nSPS) is 25.2. The number of rotatable bonds is 4. The Morgan fingerprint density at radius 1 is 1.32 bits per heavy atom. The summed E-state index contributed by atoms with van der Waals surface area (Å²) < 4.78 is 0. The maximum atomic E-state index is 12.4. The van der Waals surface area contributed by atoms with E-state index in [1.807, 2.05) is 4.90 Å². The van der Waals surface area contributed by atoms with Gasteiger partial charge in [0.25, 0.3) is 0 Å². The van der Waals surface area contributed by atoms with Crippen LogP contribution in [0.25, 0.3) is 0 Å². The van der Waals surface area contributed by atoms with Gasteiger partial charge in [0.05, 0.1) is 6.04 Å². The van der Waals surface area contributed by atoms with Crippen molar-refractivity contribution in [3.05, 3.63) is 22.4 Å². The molecule has 1 atom stereocenters. The number of likely N-dealkylation sites (tertiary alicyclic amines) is 1. The molecule has 2 saturated heterocycles. The third-order valence-corrected chi connectivity index (χ3v) is 5.01. The zero-order chi connectivity index (χ0) is 13.1. The highest BCUT2D eigenvalue weighted by Crippen LogP contribution is 2.19. The van der Waals surface area contributed by atoms with Crippen molar-refractivity contribution in [1.29, 1.82) is 0 Å². The largest absolute Gasteiger partial charge is 0.341 e. The number of thiophene rings is 1. The van der Waals surface area contributed by atoms with E-state index in [-0.39, 0.29) is 6.04 Å². The van der Waals surface area contributed by atoms with E-state index in [1.165, 1.54) is 4.88 Å². The van der Waals surface area contributed by atoms with Gasteiger partial charge in [-0.05, 0) is 24.3 Å². The number of carbonyl (C=O) groups excluding carboxylic acids is 1. The van der Waals surface area contributed by atoms with Crippen LogP contribution in [-0.4, -0.2) is 61.0 Å². The van der Waals surface area contributed by atoms with E-state index in [4.69, 9.17) is 0 Å². The molecule has 0 bridgehead atoms. The van der Waals surface area contributed by atoms with Crippen molar-refractivity contribution < 1.29 is 4.79 Å². The van der Waals surface area contributed by atoms with Gasteiger partial charge in [-0.1, -0.05) is 6.07 Å². The molecular weight excluding hydrogens is 258 g/mol. The van der Waals surface area contributed by atoms with Crippen LogP contribution in [0.15, 0.2) is 17.5 Å². The molecule has 0 aliphatic carbocycles. The zero-order valence-corrected chi connectivity index (χ0v) is 12.0. The Morgan fingerprint density at radius 3 is 2.89 bits per heavy atom. The number of piperazine rings is 1. The molecule has 104 valence electrons. The molecule has 1 unspecified atom stereocenters. The van der Waals surface area contributed by atoms with E-state index >= 15 is 0 Å². The fraction of sp³-hybridized carbons (Fsp3) is 0.643. The molecule has 2 aliphatic rings. The highest BCUT2D eigenvalue weighted by Gasteiger charge is 2.35. The Kier molecular flexibility index (Phi) is 4.15. The number of hydrogen-bond donors (Lipinski definition) is 1. The van der Waals surface area contributed by atoms with Crippen LogP contribution in [0.1, 0.15) is 11.3 Å². The minimum Gasteiger partial charge on any atom is -0.341 e. The lowest BCUT2D eigenvalue weighted by Gasteiger charge is -2.31. The van der Waals surface area contributed by atoms with Crippen LogP contribution in [0, 0.1) is 0 Å². The monoisotopic (exact) mass is 279 g/mol. The molecule has 2 aliphatic heterocycles. The van der Waals surface area contributed by atoms with Gasteiger partial charge in [0.1, 0.15) is 0 Å². The molecule has 4 nitrogen and oxygen atoms in total. The van der Waals surface area contributed by atoms with Crippen LogP contribution in [0.4, 0.5) is 0 Å². The van der Waals surface area contributed by atoms with E-state index in [9.17, 15) is 4.79 Å². The lowest BCUT2D eigenvalue weighted by Crippen LogP contribution is -2.51. The Hall–Kier alpha value is -0.910. The molecule has 3 heterocycles. The molecular formula is C14H21N3OS. The van der Waals surface area contributed by atoms with Crippen LogP contribution in [-0.2, 0) is 11.2 Å². The molecule has 0 aromatic carbocycles. The first-order valence-corrected chi connectivity index (χ1v) is 7.98. The third-order valence-electron chi connectivity index (χ3n) is 4.07. The predicted molar refractivity (Wildman–Crippen MR) is 77.5 cm³/mol. The lowest BCUT2D eigenvalue weighted by molar-refractivity contribution is -0.132. The van der Waals surface area contributed by atoms with Crippen molar-refractivity contribution in [2.75, 3.05) is 39.3 Å². The van der Waals surface area contributed by atoms with Gasteiger partial charge < -0.3 is 10.2 Å². The first kappa shape index (κ1) is 13.1. The first-order valence-electron chi connectivity index (χ1n) is 7.10. The molecule has 1 aromatic rings. The first-order chi connectivity index (χ1) is 9.34. The number of nitrogens with zero attached hydrogens (tertiary/aromatic N) is 2. The summed E-state index contributed by atoms with van der Waals surface area (Å²) >= 11 is 1.78. The van der Waals surface area contributed by atoms with Crippen molar-refractivity contribution in [2.45, 2.75) is 18.9 Å². The topological polar surface area (TPSA) is 35.6 Å². The molecule has 19 heavy (non-hydrogen) atoms. The summed E-state index contributed by atoms with van der Waals surface area (Å²) in [7, 11) is 0. The second kappa shape index (κ2) is 6.03. The summed E-state index contributed by atoms with van der Waals surface area (Å²) in [6.45, 7) is 5.85. The molecule has 0 radical (unpaired) electrons. The van der Waals surface area contributed by atoms with Gasteiger partial charge in [-0.2, -0.15) is 0 Å². The zero-order valence-electron chi connectivity index (χ0n) is 11.2. The maximum absolute atomic E-state index is 12.4. The molecule has 1 aromatic heterocycles. The number of nitrogens with one attached hydrogen (secondary N) is 1. The summed E-state index contributed by atoms with van der Waals surface area (Å²) in [6, 6.07) is 4.37. The SMILES string of the molecule is O=C1C(N2CCNCC2)CCN1CCc1cccs1. The summed E-state index contributed by atoms with van der Waals surface area (Å²) in [6.07, 6.45) is 2.00. The molecule has 2 fully saturated rings. The fourth-order valence-electron chi connectivity index (χ4n) is 2.98. The summed E-state index contributed by atoms with van der Waals surface area (Å²) in [5.41, 5.74) is 0. The van der Waals surface area contributed by atoms with Crippen LogP contribution >= 0.6 is 11.3 Å². The average Bonchev–Trinajstić information content (AvgIpc) is 3.07. The van der Waals surface area contributed by atoms with Crippen LogP contribution in [0.2, 0.25) is 0 Å². The Bertz CT molecular complexity index is 414. The quantitative estimate of drug-likeness (QED) is 0.885. The van der Waals surface area contributed by atoms with Crippen molar-refractivity contribution >= 4 is 17.2 Å². The van der Waals surface area contributed by atoms with E-state index in [0.29, 0.717) is 5.91 Å². The molecule has 1 amide bonds. The van der Waals surface area contributed by atoms with Crippen molar-refractivity contribution in [3.8, 4) is 0 Å². The van der Waals surface area contributed by atoms with Gasteiger partial charge >= 0.3 is 0 Å². The van der Waals surface area contributed by atoms with E-state index in [1.54, 1.807) is 11.3 Å². The molecule has 1 N–H and O–H groups in total. The van der Waals surface area contributed by atoms with Gasteiger partial charge in [-0.3, -0.25) is 9.69 Å². The van der Waals surface area contributed by atoms with E-state index in [0.717, 1.165) is 52.1 Å². The van der Waals surface area contributed by atoms with Crippen LogP contribution < -0.4 is 5.32 Å². The van der Waals surface area contributed by atoms with Gasteiger partial charge in [0, 0.05) is 44.1 Å². The highest BCUT2D eigenvalue weighted by atomic mass is 32.1. The maximum Gasteiger partial charge on any atom is 0.240 e. The molecule has 3 rings (SSSR count). The van der Waals surface area contributed by atoms with E-state index < -0.39 is 0 Å². The average molecular weight is 279 g/mol. The number of amides is 1. The third kappa shape index (κ3) is 2.99. The second-order valence-corrected chi connectivity index (χ2v) is 6.28. The highest BCUT2D eigenvalue weighted by molar-refractivity contribution is 7.09. The molecule has 0 saturated carbocycles. The summed E-state index contributed by atoms with van der Waals surface area (Å²) in [5, 5.41) is 5.44. The second-order valence-electron chi connectivity index (χ2n) is 5.25. The molecule has 5 heteroatoms. The van der Waals surface area contributed by atoms with Gasteiger partial charge in [0.2, 0.25) is 5.91 Å². The fourth-order valence-corrected chi connectivity index (χ4v) is 3.68. The van der Waals surface area contributed by atoms with Gasteiger partial charge in [-0.25, -0.2) is 0 Å². The minimum absolute atomic E-state index is 0.144. The number of hydrogen-bond acceptors (Lipinski definition) is 4. The summed E-state index contributed by atoms with van der Waals surface area (Å²) in [5.74, 6) is 0.346. The Morgan fingerprint density at radius 2 is 2.16 bits per heavy atom. The Balaban J connectivity index is 1.53. The standard InChI is InChI=1S/C14H21N3OS/c18-14-13(16-9-5-15-6-10-16)4-8-17(14)7-3-12-2-1-11-19-12/h1-2,11,13,15H,3-10H2. The van der Waals surface area contributed by atoms with Gasteiger partial charge in [0.15, 0.2) is 0 Å². The van der Waals surface area contributed by atoms with Crippen molar-refractivity contribution in [1.82, 2.24) is 15.1 Å². The van der Waals surface area contributed by atoms with Gasteiger partial charge in [-0.15, -0.1) is 11.3 Å². The van der Waals surface area contributed by atoms with Crippen molar-refractivity contribution in [2.24, 2.45) is 0 Å². The number of carbonyl (C=O) groups is 1. The smallest absolute Gasteiger partial charge is 0.240 e. The van der Waals surface area contributed by atoms with Crippen LogP contribution in [0.3, 0.4) is 0 Å². The lowest BCUT2D eigenvalue weighted by atomic mass is 10.2. The summed E-state index contributed by atoms with van der Waals surface area (Å²) in [4.78, 5) is 18.2. The minimum atomic E-state index is 0.144. The Labute approximate surface area is 118 Å². The predicted octanol–water partition coefficient (Wildman–Crippen LogP) is 0.797. The van der Waals surface area contributed by atoms with E-state index in [2.05, 4.69) is 27.7 Å². The van der Waals surface area contributed by atoms with Crippen molar-refractivity contribution in [3.63, 3.8) is 0 Å². The molecule has 0 spiro atoms.